The SMILES string of the molecule is C[C@@H]1CC[C@@](N)(c2ncc[nH]2)[C@@H](C)C1. The molecule has 1 aromatic heterocycles. The van der Waals surface area contributed by atoms with Gasteiger partial charge < -0.3 is 10.7 Å². The van der Waals surface area contributed by atoms with Crippen LogP contribution < -0.4 is 5.73 Å². The van der Waals surface area contributed by atoms with Gasteiger partial charge >= 0.3 is 0 Å². The summed E-state index contributed by atoms with van der Waals surface area (Å²) >= 11 is 0. The standard InChI is InChI=1S/C11H19N3/c1-8-3-4-11(12,9(2)7-8)10-13-5-6-14-10/h5-6,8-9H,3-4,7,12H2,1-2H3,(H,13,14)/t8-,9+,11+/m1/s1. The monoisotopic (exact) mass is 193 g/mol. The van der Waals surface area contributed by atoms with E-state index in [2.05, 4.69) is 23.8 Å². The van der Waals surface area contributed by atoms with Crippen LogP contribution >= 0.6 is 0 Å². The Morgan fingerprint density at radius 2 is 2.36 bits per heavy atom. The summed E-state index contributed by atoms with van der Waals surface area (Å²) in [5.74, 6) is 2.27. The van der Waals surface area contributed by atoms with Crippen molar-refractivity contribution in [3.63, 3.8) is 0 Å². The van der Waals surface area contributed by atoms with Crippen molar-refractivity contribution in [3.05, 3.63) is 18.2 Å². The van der Waals surface area contributed by atoms with Crippen LogP contribution in [-0.4, -0.2) is 9.97 Å². The molecular weight excluding hydrogens is 174 g/mol. The molecule has 0 saturated heterocycles. The van der Waals surface area contributed by atoms with Crippen molar-refractivity contribution in [3.8, 4) is 0 Å². The Hall–Kier alpha value is -0.830. The topological polar surface area (TPSA) is 54.7 Å². The van der Waals surface area contributed by atoms with Gasteiger partial charge in [0.15, 0.2) is 0 Å². The van der Waals surface area contributed by atoms with Crippen molar-refractivity contribution in [2.75, 3.05) is 0 Å². The van der Waals surface area contributed by atoms with E-state index in [4.69, 9.17) is 5.73 Å². The molecule has 0 unspecified atom stereocenters. The van der Waals surface area contributed by atoms with Gasteiger partial charge in [-0.25, -0.2) is 4.98 Å². The zero-order valence-corrected chi connectivity index (χ0v) is 8.96. The van der Waals surface area contributed by atoms with Gasteiger partial charge in [0, 0.05) is 12.4 Å². The van der Waals surface area contributed by atoms with Crippen molar-refractivity contribution in [2.45, 2.75) is 38.6 Å². The highest BCUT2D eigenvalue weighted by atomic mass is 15.0. The van der Waals surface area contributed by atoms with E-state index in [0.717, 1.165) is 18.2 Å². The maximum atomic E-state index is 6.44. The Bertz CT molecular complexity index is 293. The molecule has 2 rings (SSSR count). The van der Waals surface area contributed by atoms with Gasteiger partial charge in [0.1, 0.15) is 5.82 Å². The lowest BCUT2D eigenvalue weighted by Gasteiger charge is -2.40. The van der Waals surface area contributed by atoms with E-state index in [1.54, 1.807) is 6.20 Å². The smallest absolute Gasteiger partial charge is 0.126 e. The molecule has 0 spiro atoms. The van der Waals surface area contributed by atoms with Crippen LogP contribution in [0.3, 0.4) is 0 Å². The number of imidazole rings is 1. The fraction of sp³-hybridized carbons (Fsp3) is 0.727. The lowest BCUT2D eigenvalue weighted by molar-refractivity contribution is 0.156. The Morgan fingerprint density at radius 1 is 1.57 bits per heavy atom. The van der Waals surface area contributed by atoms with Gasteiger partial charge in [-0.05, 0) is 31.1 Å². The number of aromatic amines is 1. The van der Waals surface area contributed by atoms with Crippen molar-refractivity contribution in [1.29, 1.82) is 0 Å². The van der Waals surface area contributed by atoms with Crippen molar-refractivity contribution in [2.24, 2.45) is 17.6 Å². The first kappa shape index (κ1) is 9.71. The minimum absolute atomic E-state index is 0.226. The van der Waals surface area contributed by atoms with Crippen LogP contribution in [0.1, 0.15) is 38.9 Å². The predicted molar refractivity (Wildman–Crippen MR) is 56.6 cm³/mol. The Kier molecular flexibility index (Phi) is 2.35. The molecular formula is C11H19N3. The van der Waals surface area contributed by atoms with Gasteiger partial charge in [-0.3, -0.25) is 0 Å². The molecule has 14 heavy (non-hydrogen) atoms. The number of aromatic nitrogens is 2. The molecule has 1 aromatic rings. The molecule has 1 fully saturated rings. The number of H-pyrrole nitrogens is 1. The molecule has 1 aliphatic carbocycles. The van der Waals surface area contributed by atoms with E-state index in [1.807, 2.05) is 6.20 Å². The zero-order chi connectivity index (χ0) is 10.2. The molecule has 1 saturated carbocycles. The second kappa shape index (κ2) is 3.39. The van der Waals surface area contributed by atoms with Crippen molar-refractivity contribution in [1.82, 2.24) is 9.97 Å². The van der Waals surface area contributed by atoms with Gasteiger partial charge in [-0.15, -0.1) is 0 Å². The van der Waals surface area contributed by atoms with Gasteiger partial charge in [-0.2, -0.15) is 0 Å². The van der Waals surface area contributed by atoms with E-state index in [-0.39, 0.29) is 5.54 Å². The van der Waals surface area contributed by atoms with Gasteiger partial charge in [-0.1, -0.05) is 13.8 Å². The summed E-state index contributed by atoms with van der Waals surface area (Å²) in [6, 6.07) is 0. The molecule has 0 bridgehead atoms. The first-order valence-electron chi connectivity index (χ1n) is 5.41. The molecule has 78 valence electrons. The quantitative estimate of drug-likeness (QED) is 0.717. The summed E-state index contributed by atoms with van der Waals surface area (Å²) in [7, 11) is 0. The fourth-order valence-corrected chi connectivity index (χ4v) is 2.53. The van der Waals surface area contributed by atoms with E-state index in [9.17, 15) is 0 Å². The molecule has 3 heteroatoms. The number of nitrogens with one attached hydrogen (secondary N) is 1. The third kappa shape index (κ3) is 1.46. The highest BCUT2D eigenvalue weighted by molar-refractivity contribution is 5.09. The van der Waals surface area contributed by atoms with Crippen LogP contribution in [0.5, 0.6) is 0 Å². The summed E-state index contributed by atoms with van der Waals surface area (Å²) < 4.78 is 0. The minimum Gasteiger partial charge on any atom is -0.347 e. The van der Waals surface area contributed by atoms with E-state index < -0.39 is 0 Å². The summed E-state index contributed by atoms with van der Waals surface area (Å²) in [5, 5.41) is 0. The molecule has 0 radical (unpaired) electrons. The third-order valence-electron chi connectivity index (χ3n) is 3.63. The van der Waals surface area contributed by atoms with Crippen molar-refractivity contribution < 1.29 is 0 Å². The summed E-state index contributed by atoms with van der Waals surface area (Å²) in [6.07, 6.45) is 7.10. The van der Waals surface area contributed by atoms with Gasteiger partial charge in [0.25, 0.3) is 0 Å². The molecule has 0 aromatic carbocycles. The summed E-state index contributed by atoms with van der Waals surface area (Å²) in [6.45, 7) is 4.54. The number of nitrogens with zero attached hydrogens (tertiary/aromatic N) is 1. The number of hydrogen-bond donors (Lipinski definition) is 2. The summed E-state index contributed by atoms with van der Waals surface area (Å²) in [5.41, 5.74) is 6.21. The predicted octanol–water partition coefficient (Wildman–Crippen LogP) is 2.02. The maximum Gasteiger partial charge on any atom is 0.126 e. The van der Waals surface area contributed by atoms with Crippen molar-refractivity contribution >= 4 is 0 Å². The van der Waals surface area contributed by atoms with E-state index in [1.165, 1.54) is 12.8 Å². The molecule has 3 N–H and O–H groups in total. The highest BCUT2D eigenvalue weighted by Gasteiger charge is 2.39. The third-order valence-corrected chi connectivity index (χ3v) is 3.63. The second-order valence-corrected chi connectivity index (χ2v) is 4.76. The molecule has 3 nitrogen and oxygen atoms in total. The van der Waals surface area contributed by atoms with Crippen LogP contribution in [0.25, 0.3) is 0 Å². The fourth-order valence-electron chi connectivity index (χ4n) is 2.53. The normalized spacial score (nSPS) is 38.5. The van der Waals surface area contributed by atoms with E-state index >= 15 is 0 Å². The maximum absolute atomic E-state index is 6.44. The molecule has 1 heterocycles. The Labute approximate surface area is 85.1 Å². The highest BCUT2D eigenvalue weighted by Crippen LogP contribution is 2.40. The lowest BCUT2D eigenvalue weighted by Crippen LogP contribution is -2.47. The van der Waals surface area contributed by atoms with Gasteiger partial charge in [0.05, 0.1) is 5.54 Å². The Balaban J connectivity index is 2.23. The molecule has 3 atom stereocenters. The average Bonchev–Trinajstić information content (AvgIpc) is 2.65. The van der Waals surface area contributed by atoms with Crippen LogP contribution in [-0.2, 0) is 5.54 Å². The first-order chi connectivity index (χ1) is 6.63. The molecule has 0 amide bonds. The van der Waals surface area contributed by atoms with E-state index in [0.29, 0.717) is 5.92 Å². The van der Waals surface area contributed by atoms with Crippen LogP contribution in [0.2, 0.25) is 0 Å². The van der Waals surface area contributed by atoms with Crippen LogP contribution in [0.4, 0.5) is 0 Å². The largest absolute Gasteiger partial charge is 0.347 e. The number of hydrogen-bond acceptors (Lipinski definition) is 2. The average molecular weight is 193 g/mol. The molecule has 1 aliphatic rings. The zero-order valence-electron chi connectivity index (χ0n) is 8.96. The van der Waals surface area contributed by atoms with Crippen LogP contribution in [0.15, 0.2) is 12.4 Å². The van der Waals surface area contributed by atoms with Crippen LogP contribution in [0, 0.1) is 11.8 Å². The van der Waals surface area contributed by atoms with Gasteiger partial charge in [0.2, 0.25) is 0 Å². The Morgan fingerprint density at radius 3 is 2.93 bits per heavy atom. The number of rotatable bonds is 1. The summed E-state index contributed by atoms with van der Waals surface area (Å²) in [4.78, 5) is 7.46. The lowest BCUT2D eigenvalue weighted by atomic mass is 9.70. The second-order valence-electron chi connectivity index (χ2n) is 4.76. The first-order valence-corrected chi connectivity index (χ1v) is 5.41. The number of nitrogens with two attached hydrogens (primary N) is 1. The minimum atomic E-state index is -0.226. The molecule has 0 aliphatic heterocycles.